The number of amides is 2. The number of rotatable bonds is 5. The van der Waals surface area contributed by atoms with Gasteiger partial charge in [0.25, 0.3) is 5.91 Å². The van der Waals surface area contributed by atoms with Crippen LogP contribution in [-0.4, -0.2) is 61.5 Å². The highest BCUT2D eigenvalue weighted by atomic mass is 16.6. The summed E-state index contributed by atoms with van der Waals surface area (Å²) in [5.41, 5.74) is 0.854. The molecule has 0 aromatic heterocycles. The monoisotopic (exact) mass is 416 g/mol. The quantitative estimate of drug-likeness (QED) is 0.741. The standard InChI is InChI=1S/C22H28N2O6/c1-14(25)16-12-19-20(30-10-9-29-19)13-17(16)23-21(26)11-15-4-6-24(7-5-15)22(27)18-3-2-8-28-18/h12-13,15,18H,2-11H2,1H3,(H,23,26). The number of carbonyl (C=O) groups is 3. The van der Waals surface area contributed by atoms with Crippen LogP contribution < -0.4 is 14.8 Å². The van der Waals surface area contributed by atoms with Crippen molar-refractivity contribution in [3.8, 4) is 11.5 Å². The summed E-state index contributed by atoms with van der Waals surface area (Å²) >= 11 is 0. The molecule has 162 valence electrons. The van der Waals surface area contributed by atoms with E-state index in [0.29, 0.717) is 62.1 Å². The summed E-state index contributed by atoms with van der Waals surface area (Å²) in [4.78, 5) is 39.0. The molecule has 1 aromatic rings. The normalized spacial score (nSPS) is 21.4. The van der Waals surface area contributed by atoms with Gasteiger partial charge >= 0.3 is 0 Å². The van der Waals surface area contributed by atoms with Gasteiger partial charge in [-0.05, 0) is 44.6 Å². The van der Waals surface area contributed by atoms with Gasteiger partial charge in [0.1, 0.15) is 19.3 Å². The van der Waals surface area contributed by atoms with E-state index in [1.54, 1.807) is 12.1 Å². The minimum absolute atomic E-state index is 0.0813. The molecule has 3 aliphatic heterocycles. The molecule has 2 amide bonds. The van der Waals surface area contributed by atoms with Crippen molar-refractivity contribution < 1.29 is 28.6 Å². The minimum Gasteiger partial charge on any atom is -0.486 e. The number of hydrogen-bond donors (Lipinski definition) is 1. The van der Waals surface area contributed by atoms with Crippen molar-refractivity contribution in [1.29, 1.82) is 0 Å². The zero-order valence-corrected chi connectivity index (χ0v) is 17.3. The molecule has 8 heteroatoms. The van der Waals surface area contributed by atoms with Gasteiger partial charge < -0.3 is 24.4 Å². The van der Waals surface area contributed by atoms with Crippen molar-refractivity contribution in [2.45, 2.75) is 45.1 Å². The third kappa shape index (κ3) is 4.59. The topological polar surface area (TPSA) is 94.2 Å². The lowest BCUT2D eigenvalue weighted by atomic mass is 9.92. The third-order valence-corrected chi connectivity index (χ3v) is 5.94. The van der Waals surface area contributed by atoms with Crippen molar-refractivity contribution >= 4 is 23.3 Å². The Kier molecular flexibility index (Phi) is 6.22. The maximum Gasteiger partial charge on any atom is 0.251 e. The summed E-state index contributed by atoms with van der Waals surface area (Å²) in [7, 11) is 0. The Morgan fingerprint density at radius 3 is 2.37 bits per heavy atom. The number of ether oxygens (including phenoxy) is 3. The lowest BCUT2D eigenvalue weighted by Gasteiger charge is -2.33. The minimum atomic E-state index is -0.287. The number of carbonyl (C=O) groups excluding carboxylic acids is 3. The second-order valence-corrected chi connectivity index (χ2v) is 8.12. The summed E-state index contributed by atoms with van der Waals surface area (Å²) in [5, 5.41) is 2.87. The number of benzene rings is 1. The first kappa shape index (κ1) is 20.7. The maximum atomic E-state index is 12.7. The highest BCUT2D eigenvalue weighted by Crippen LogP contribution is 2.36. The van der Waals surface area contributed by atoms with Crippen molar-refractivity contribution in [3.63, 3.8) is 0 Å². The Hall–Kier alpha value is -2.61. The second kappa shape index (κ2) is 9.04. The Labute approximate surface area is 175 Å². The van der Waals surface area contributed by atoms with Crippen LogP contribution in [-0.2, 0) is 14.3 Å². The highest BCUT2D eigenvalue weighted by molar-refractivity contribution is 6.04. The van der Waals surface area contributed by atoms with Crippen LogP contribution in [0.4, 0.5) is 5.69 Å². The van der Waals surface area contributed by atoms with Crippen LogP contribution in [0.3, 0.4) is 0 Å². The molecule has 0 spiro atoms. The van der Waals surface area contributed by atoms with Gasteiger partial charge in [-0.3, -0.25) is 14.4 Å². The zero-order valence-electron chi connectivity index (χ0n) is 17.3. The van der Waals surface area contributed by atoms with Gasteiger partial charge in [0, 0.05) is 37.7 Å². The molecular weight excluding hydrogens is 388 g/mol. The van der Waals surface area contributed by atoms with Gasteiger partial charge in [-0.25, -0.2) is 0 Å². The van der Waals surface area contributed by atoms with E-state index in [2.05, 4.69) is 5.32 Å². The molecule has 3 aliphatic rings. The summed E-state index contributed by atoms with van der Waals surface area (Å²) in [6.45, 7) is 4.29. The Balaban J connectivity index is 1.33. The molecule has 0 bridgehead atoms. The SMILES string of the molecule is CC(=O)c1cc2c(cc1NC(=O)CC1CCN(C(=O)C3CCCO3)CC1)OCCO2. The second-order valence-electron chi connectivity index (χ2n) is 8.12. The molecular formula is C22H28N2O6. The number of piperidine rings is 1. The number of nitrogens with zero attached hydrogens (tertiary/aromatic N) is 1. The number of nitrogens with one attached hydrogen (secondary N) is 1. The van der Waals surface area contributed by atoms with Crippen LogP contribution in [0.5, 0.6) is 11.5 Å². The van der Waals surface area contributed by atoms with E-state index < -0.39 is 0 Å². The Morgan fingerprint density at radius 2 is 1.73 bits per heavy atom. The summed E-state index contributed by atoms with van der Waals surface area (Å²) < 4.78 is 16.6. The predicted molar refractivity (Wildman–Crippen MR) is 109 cm³/mol. The summed E-state index contributed by atoms with van der Waals surface area (Å²) in [5.74, 6) is 1.05. The van der Waals surface area contributed by atoms with Crippen LogP contribution in [0.2, 0.25) is 0 Å². The van der Waals surface area contributed by atoms with Gasteiger partial charge in [0.15, 0.2) is 17.3 Å². The smallest absolute Gasteiger partial charge is 0.251 e. The van der Waals surface area contributed by atoms with Crippen molar-refractivity contribution in [2.24, 2.45) is 5.92 Å². The first-order valence-corrected chi connectivity index (χ1v) is 10.7. The lowest BCUT2D eigenvalue weighted by Crippen LogP contribution is -2.44. The molecule has 2 fully saturated rings. The van der Waals surface area contributed by atoms with E-state index >= 15 is 0 Å². The fraction of sp³-hybridized carbons (Fsp3) is 0.591. The predicted octanol–water partition coefficient (Wildman–Crippen LogP) is 2.41. The molecule has 0 aliphatic carbocycles. The van der Waals surface area contributed by atoms with Crippen LogP contribution in [0.1, 0.15) is 49.4 Å². The van der Waals surface area contributed by atoms with E-state index in [-0.39, 0.29) is 29.6 Å². The molecule has 1 N–H and O–H groups in total. The first-order chi connectivity index (χ1) is 14.5. The van der Waals surface area contributed by atoms with Gasteiger partial charge in [-0.15, -0.1) is 0 Å². The number of Topliss-reactive ketones (excluding diaryl/α,β-unsaturated/α-hetero) is 1. The maximum absolute atomic E-state index is 12.7. The van der Waals surface area contributed by atoms with Gasteiger partial charge in [0.05, 0.1) is 5.69 Å². The molecule has 30 heavy (non-hydrogen) atoms. The summed E-state index contributed by atoms with van der Waals surface area (Å²) in [6, 6.07) is 3.29. The zero-order chi connectivity index (χ0) is 21.1. The van der Waals surface area contributed by atoms with Gasteiger partial charge in [-0.2, -0.15) is 0 Å². The van der Waals surface area contributed by atoms with E-state index in [9.17, 15) is 14.4 Å². The Morgan fingerprint density at radius 1 is 1.03 bits per heavy atom. The molecule has 0 radical (unpaired) electrons. The fourth-order valence-corrected chi connectivity index (χ4v) is 4.28. The van der Waals surface area contributed by atoms with E-state index in [1.807, 2.05) is 4.90 Å². The fourth-order valence-electron chi connectivity index (χ4n) is 4.28. The van der Waals surface area contributed by atoms with Gasteiger partial charge in [-0.1, -0.05) is 0 Å². The third-order valence-electron chi connectivity index (χ3n) is 5.94. The molecule has 1 unspecified atom stereocenters. The number of ketones is 1. The molecule has 0 saturated carbocycles. The average Bonchev–Trinajstić information content (AvgIpc) is 3.28. The molecule has 1 atom stereocenters. The van der Waals surface area contributed by atoms with Crippen LogP contribution >= 0.6 is 0 Å². The first-order valence-electron chi connectivity index (χ1n) is 10.7. The van der Waals surface area contributed by atoms with Crippen LogP contribution in [0.15, 0.2) is 12.1 Å². The average molecular weight is 416 g/mol. The van der Waals surface area contributed by atoms with E-state index in [4.69, 9.17) is 14.2 Å². The molecule has 2 saturated heterocycles. The number of likely N-dealkylation sites (tertiary alicyclic amines) is 1. The highest BCUT2D eigenvalue weighted by Gasteiger charge is 2.31. The van der Waals surface area contributed by atoms with E-state index in [1.165, 1.54) is 6.92 Å². The molecule has 8 nitrogen and oxygen atoms in total. The molecule has 3 heterocycles. The number of anilines is 1. The number of hydrogen-bond acceptors (Lipinski definition) is 6. The summed E-state index contributed by atoms with van der Waals surface area (Å²) in [6.07, 6.45) is 3.38. The van der Waals surface area contributed by atoms with Crippen molar-refractivity contribution in [2.75, 3.05) is 38.2 Å². The van der Waals surface area contributed by atoms with Crippen LogP contribution in [0.25, 0.3) is 0 Å². The largest absolute Gasteiger partial charge is 0.486 e. The Bertz CT molecular complexity index is 825. The van der Waals surface area contributed by atoms with E-state index in [0.717, 1.165) is 25.7 Å². The van der Waals surface area contributed by atoms with Crippen molar-refractivity contribution in [1.82, 2.24) is 4.90 Å². The molecule has 4 rings (SSSR count). The van der Waals surface area contributed by atoms with Crippen LogP contribution in [0, 0.1) is 5.92 Å². The number of fused-ring (bicyclic) bond motifs is 1. The van der Waals surface area contributed by atoms with Gasteiger partial charge in [0.2, 0.25) is 5.91 Å². The molecule has 1 aromatic carbocycles. The lowest BCUT2D eigenvalue weighted by molar-refractivity contribution is -0.142. The van der Waals surface area contributed by atoms with Crippen molar-refractivity contribution in [3.05, 3.63) is 17.7 Å².